The van der Waals surface area contributed by atoms with Crippen molar-refractivity contribution in [2.45, 2.75) is 26.3 Å². The second kappa shape index (κ2) is 5.81. The number of hydrogen-bond acceptors (Lipinski definition) is 4. The number of benzene rings is 1. The molecule has 1 unspecified atom stereocenters. The first-order valence-electron chi connectivity index (χ1n) is 6.09. The van der Waals surface area contributed by atoms with E-state index in [0.29, 0.717) is 0 Å². The molecule has 1 heterocycles. The van der Waals surface area contributed by atoms with Crippen LogP contribution in [0.1, 0.15) is 28.4 Å². The molecule has 0 saturated carbocycles. The Morgan fingerprint density at radius 3 is 2.42 bits per heavy atom. The van der Waals surface area contributed by atoms with Gasteiger partial charge in [0, 0.05) is 7.05 Å². The normalized spacial score (nSPS) is 12.7. The highest BCUT2D eigenvalue weighted by Crippen LogP contribution is 2.24. The number of halogens is 1. The lowest BCUT2D eigenvalue weighted by Gasteiger charge is -2.17. The Balaban J connectivity index is 2.29. The van der Waals surface area contributed by atoms with Gasteiger partial charge in [-0.25, -0.2) is 4.68 Å². The molecule has 0 aliphatic carbocycles. The Labute approximate surface area is 121 Å². The smallest absolute Gasteiger partial charge is 0.153 e. The van der Waals surface area contributed by atoms with Gasteiger partial charge in [-0.3, -0.25) is 11.3 Å². The van der Waals surface area contributed by atoms with Gasteiger partial charge >= 0.3 is 0 Å². The zero-order valence-electron chi connectivity index (χ0n) is 11.3. The highest BCUT2D eigenvalue weighted by atomic mass is 79.9. The number of hydrogen-bond donors (Lipinski definition) is 2. The van der Waals surface area contributed by atoms with E-state index in [1.807, 2.05) is 7.05 Å². The summed E-state index contributed by atoms with van der Waals surface area (Å²) < 4.78 is 2.46. The van der Waals surface area contributed by atoms with E-state index >= 15 is 0 Å². The Morgan fingerprint density at radius 2 is 1.95 bits per heavy atom. The van der Waals surface area contributed by atoms with E-state index in [4.69, 9.17) is 5.84 Å². The molecule has 2 aromatic rings. The first-order chi connectivity index (χ1) is 9.01. The highest BCUT2D eigenvalue weighted by Gasteiger charge is 2.19. The van der Waals surface area contributed by atoms with Crippen molar-refractivity contribution in [1.29, 1.82) is 0 Å². The summed E-state index contributed by atoms with van der Waals surface area (Å²) in [7, 11) is 1.86. The van der Waals surface area contributed by atoms with Gasteiger partial charge in [0.25, 0.3) is 0 Å². The van der Waals surface area contributed by atoms with Crippen LogP contribution in [-0.4, -0.2) is 15.0 Å². The fourth-order valence-electron chi connectivity index (χ4n) is 2.37. The van der Waals surface area contributed by atoms with Crippen LogP contribution in [0.4, 0.5) is 0 Å². The molecule has 0 radical (unpaired) electrons. The van der Waals surface area contributed by atoms with Gasteiger partial charge in [0.05, 0.1) is 11.7 Å². The second-order valence-corrected chi connectivity index (χ2v) is 5.56. The molecule has 1 atom stereocenters. The fourth-order valence-corrected chi connectivity index (χ4v) is 2.97. The zero-order valence-corrected chi connectivity index (χ0v) is 12.9. The van der Waals surface area contributed by atoms with Crippen molar-refractivity contribution in [2.24, 2.45) is 12.9 Å². The third kappa shape index (κ3) is 3.20. The molecular weight excluding hydrogens is 306 g/mol. The third-order valence-electron chi connectivity index (χ3n) is 3.08. The molecule has 0 aliphatic rings. The van der Waals surface area contributed by atoms with Crippen molar-refractivity contribution in [3.8, 4) is 0 Å². The van der Waals surface area contributed by atoms with E-state index in [9.17, 15) is 0 Å². The molecule has 5 nitrogen and oxygen atoms in total. The molecule has 1 aromatic carbocycles. The van der Waals surface area contributed by atoms with Crippen LogP contribution in [0.3, 0.4) is 0 Å². The van der Waals surface area contributed by atoms with Crippen molar-refractivity contribution < 1.29 is 0 Å². The van der Waals surface area contributed by atoms with Crippen LogP contribution < -0.4 is 11.3 Å². The molecule has 2 rings (SSSR count). The summed E-state index contributed by atoms with van der Waals surface area (Å²) in [5, 5.41) is 7.98. The Morgan fingerprint density at radius 1 is 1.32 bits per heavy atom. The topological polar surface area (TPSA) is 68.8 Å². The molecule has 1 aromatic heterocycles. The summed E-state index contributed by atoms with van der Waals surface area (Å²) in [6, 6.07) is 6.48. The van der Waals surface area contributed by atoms with Crippen molar-refractivity contribution in [3.63, 3.8) is 0 Å². The van der Waals surface area contributed by atoms with Crippen LogP contribution in [0.15, 0.2) is 22.8 Å². The quantitative estimate of drug-likeness (QED) is 0.666. The van der Waals surface area contributed by atoms with E-state index in [1.54, 1.807) is 4.68 Å². The number of nitrogens with one attached hydrogen (secondary N) is 1. The minimum atomic E-state index is -0.0319. The number of aryl methyl sites for hydroxylation is 3. The van der Waals surface area contributed by atoms with E-state index < -0.39 is 0 Å². The molecule has 19 heavy (non-hydrogen) atoms. The van der Waals surface area contributed by atoms with Gasteiger partial charge < -0.3 is 0 Å². The molecule has 0 spiro atoms. The third-order valence-corrected chi connectivity index (χ3v) is 3.64. The second-order valence-electron chi connectivity index (χ2n) is 4.81. The number of aromatic nitrogens is 3. The Hall–Kier alpha value is -1.24. The number of rotatable bonds is 4. The monoisotopic (exact) mass is 323 g/mol. The van der Waals surface area contributed by atoms with Crippen LogP contribution >= 0.6 is 15.9 Å². The summed E-state index contributed by atoms with van der Waals surface area (Å²) in [4.78, 5) is 0. The number of nitrogens with two attached hydrogens (primary N) is 1. The zero-order chi connectivity index (χ0) is 14.0. The lowest BCUT2D eigenvalue weighted by atomic mass is 10.00. The van der Waals surface area contributed by atoms with Crippen LogP contribution in [0, 0.1) is 13.8 Å². The Bertz CT molecular complexity index is 539. The van der Waals surface area contributed by atoms with E-state index in [0.717, 1.165) is 16.7 Å². The van der Waals surface area contributed by atoms with Gasteiger partial charge in [-0.15, -0.1) is 5.10 Å². The minimum absolute atomic E-state index is 0.0319. The van der Waals surface area contributed by atoms with Crippen LogP contribution in [0.2, 0.25) is 0 Å². The van der Waals surface area contributed by atoms with Crippen molar-refractivity contribution in [3.05, 3.63) is 45.2 Å². The van der Waals surface area contributed by atoms with Crippen molar-refractivity contribution in [1.82, 2.24) is 20.4 Å². The highest BCUT2D eigenvalue weighted by molar-refractivity contribution is 9.10. The van der Waals surface area contributed by atoms with Crippen LogP contribution in [0.5, 0.6) is 0 Å². The maximum Gasteiger partial charge on any atom is 0.153 e. The lowest BCUT2D eigenvalue weighted by molar-refractivity contribution is 0.505. The summed E-state index contributed by atoms with van der Waals surface area (Å²) in [5.74, 6) is 5.69. The van der Waals surface area contributed by atoms with E-state index in [2.05, 4.69) is 63.7 Å². The van der Waals surface area contributed by atoms with E-state index in [1.165, 1.54) is 16.7 Å². The van der Waals surface area contributed by atoms with Gasteiger partial charge in [0.2, 0.25) is 0 Å². The minimum Gasteiger partial charge on any atom is -0.271 e. The van der Waals surface area contributed by atoms with Gasteiger partial charge in [-0.2, -0.15) is 0 Å². The van der Waals surface area contributed by atoms with Crippen molar-refractivity contribution in [2.75, 3.05) is 0 Å². The van der Waals surface area contributed by atoms with E-state index in [-0.39, 0.29) is 6.04 Å². The summed E-state index contributed by atoms with van der Waals surface area (Å²) in [6.45, 7) is 4.20. The average Bonchev–Trinajstić information content (AvgIpc) is 2.65. The number of hydrazine groups is 1. The molecule has 0 amide bonds. The lowest BCUT2D eigenvalue weighted by Crippen LogP contribution is -2.31. The molecule has 0 fully saturated rings. The predicted octanol–water partition coefficient (Wildman–Crippen LogP) is 1.94. The summed E-state index contributed by atoms with van der Waals surface area (Å²) in [5.41, 5.74) is 7.55. The SMILES string of the molecule is Cc1cc(C)cc(CC(NN)c2c(Br)nnn2C)c1. The van der Waals surface area contributed by atoms with Gasteiger partial charge in [-0.05, 0) is 41.8 Å². The molecular formula is C13H18BrN5. The van der Waals surface area contributed by atoms with Crippen molar-refractivity contribution >= 4 is 15.9 Å². The standard InChI is InChI=1S/C13H18BrN5/c1-8-4-9(2)6-10(5-8)7-11(16-15)12-13(14)17-18-19(12)3/h4-6,11,16H,7,15H2,1-3H3. The molecule has 102 valence electrons. The van der Waals surface area contributed by atoms with Gasteiger partial charge in [0.1, 0.15) is 0 Å². The first kappa shape index (κ1) is 14.2. The molecule has 0 bridgehead atoms. The average molecular weight is 324 g/mol. The maximum atomic E-state index is 5.69. The van der Waals surface area contributed by atoms with Gasteiger partial charge in [-0.1, -0.05) is 34.5 Å². The summed E-state index contributed by atoms with van der Waals surface area (Å²) in [6.07, 6.45) is 0.791. The first-order valence-corrected chi connectivity index (χ1v) is 6.89. The molecule has 3 N–H and O–H groups in total. The maximum absolute atomic E-state index is 5.69. The summed E-state index contributed by atoms with van der Waals surface area (Å²) >= 11 is 3.41. The largest absolute Gasteiger partial charge is 0.271 e. The van der Waals surface area contributed by atoms with Crippen LogP contribution in [-0.2, 0) is 13.5 Å². The molecule has 0 aliphatic heterocycles. The van der Waals surface area contributed by atoms with Crippen LogP contribution in [0.25, 0.3) is 0 Å². The predicted molar refractivity (Wildman–Crippen MR) is 78.4 cm³/mol. The molecule has 6 heteroatoms. The number of nitrogens with zero attached hydrogens (tertiary/aromatic N) is 3. The fraction of sp³-hybridized carbons (Fsp3) is 0.385. The van der Waals surface area contributed by atoms with Gasteiger partial charge in [0.15, 0.2) is 4.60 Å². The Kier molecular flexibility index (Phi) is 4.34. The molecule has 0 saturated heterocycles.